The van der Waals surface area contributed by atoms with Crippen molar-refractivity contribution in [3.8, 4) is 0 Å². The molecule has 7 atom stereocenters. The number of aliphatic hydroxyl groups is 1. The number of ketones is 1. The summed E-state index contributed by atoms with van der Waals surface area (Å²) in [5.74, 6) is -6.92. The zero-order valence-corrected chi connectivity index (χ0v) is 32.4. The summed E-state index contributed by atoms with van der Waals surface area (Å²) in [6.45, 7) is 5.10. The van der Waals surface area contributed by atoms with Crippen molar-refractivity contribution in [1.29, 1.82) is 0 Å². The average Bonchev–Trinajstić information content (AvgIpc) is 3.95. The van der Waals surface area contributed by atoms with Crippen molar-refractivity contribution in [2.24, 2.45) is 11.5 Å². The zero-order chi connectivity index (χ0) is 42.4. The molecule has 3 fully saturated rings. The first kappa shape index (κ1) is 46.0. The van der Waals surface area contributed by atoms with Gasteiger partial charge in [-0.3, -0.25) is 54.8 Å². The first-order chi connectivity index (χ1) is 26.9. The molecule has 7 unspecified atom stereocenters. The third kappa shape index (κ3) is 13.4. The van der Waals surface area contributed by atoms with E-state index in [1.807, 2.05) is 0 Å². The van der Waals surface area contributed by atoms with Crippen LogP contribution in [0.2, 0.25) is 0 Å². The second-order valence-electron chi connectivity index (χ2n) is 14.3. The number of aliphatic carboxylic acids is 1. The summed E-state index contributed by atoms with van der Waals surface area (Å²) in [6.07, 6.45) is -0.642. The number of nitrogens with two attached hydrogens (primary N) is 2. The molecule has 0 aromatic heterocycles. The Bertz CT molecular complexity index is 1560. The van der Waals surface area contributed by atoms with Crippen LogP contribution in [0.3, 0.4) is 0 Å². The second kappa shape index (κ2) is 21.8. The van der Waals surface area contributed by atoms with E-state index in [4.69, 9.17) is 11.5 Å². The van der Waals surface area contributed by atoms with Gasteiger partial charge in [0.25, 0.3) is 0 Å². The number of guanidine groups is 1. The van der Waals surface area contributed by atoms with Gasteiger partial charge in [-0.05, 0) is 72.3 Å². The van der Waals surface area contributed by atoms with Crippen molar-refractivity contribution in [3.63, 3.8) is 0 Å². The first-order valence-electron chi connectivity index (χ1n) is 18.9. The van der Waals surface area contributed by atoms with Gasteiger partial charge in [0.1, 0.15) is 37.3 Å². The Labute approximate surface area is 330 Å². The van der Waals surface area contributed by atoms with Crippen LogP contribution in [0.5, 0.6) is 0 Å². The highest BCUT2D eigenvalue weighted by atomic mass is 16.4. The number of Topliss-reactive ketones (excluding diaryl/α,β-unsaturated/α-hetero) is 1. The van der Waals surface area contributed by atoms with Crippen LogP contribution in [0.4, 0.5) is 0 Å². The number of hydrogen-bond acceptors (Lipinski definition) is 12. The molecule has 316 valence electrons. The second-order valence-corrected chi connectivity index (χ2v) is 14.3. The first-order valence-corrected chi connectivity index (χ1v) is 18.9. The van der Waals surface area contributed by atoms with Gasteiger partial charge >= 0.3 is 5.96 Å². The highest BCUT2D eigenvalue weighted by molar-refractivity contribution is 5.99. The number of carboxylic acids is 1. The Balaban J connectivity index is 1.76. The number of hydrogen-bond donors (Lipinski definition) is 9. The van der Waals surface area contributed by atoms with Gasteiger partial charge in [0.2, 0.25) is 41.4 Å². The van der Waals surface area contributed by atoms with E-state index in [-0.39, 0.29) is 57.1 Å². The molecule has 0 saturated carbocycles. The van der Waals surface area contributed by atoms with Crippen LogP contribution in [0.15, 0.2) is 0 Å². The van der Waals surface area contributed by atoms with Gasteiger partial charge in [-0.1, -0.05) is 0 Å². The average molecular weight is 806 g/mol. The molecule has 0 aromatic carbocycles. The minimum Gasteiger partial charge on any atom is -0.550 e. The van der Waals surface area contributed by atoms with E-state index >= 15 is 0 Å². The largest absolute Gasteiger partial charge is 0.550 e. The van der Waals surface area contributed by atoms with Crippen molar-refractivity contribution < 1.29 is 58.4 Å². The van der Waals surface area contributed by atoms with E-state index in [2.05, 4.69) is 31.6 Å². The van der Waals surface area contributed by atoms with E-state index in [0.29, 0.717) is 25.8 Å². The normalized spacial score (nSPS) is 21.9. The predicted octanol–water partition coefficient (Wildman–Crippen LogP) is -7.68. The molecule has 3 heterocycles. The van der Waals surface area contributed by atoms with Gasteiger partial charge in [0.15, 0.2) is 5.78 Å². The van der Waals surface area contributed by atoms with Crippen LogP contribution >= 0.6 is 0 Å². The molecule has 3 aliphatic heterocycles. The number of carboxylic acid groups (broad SMARTS) is 1. The maximum absolute atomic E-state index is 14.0. The highest BCUT2D eigenvalue weighted by Crippen LogP contribution is 2.23. The molecule has 7 amide bonds. The molecule has 0 spiro atoms. The molecule has 3 rings (SSSR count). The summed E-state index contributed by atoms with van der Waals surface area (Å²) in [5, 5.41) is 34.6. The number of likely N-dealkylation sites (N-methyl/N-ethyl adjacent to an activating group) is 1. The van der Waals surface area contributed by atoms with Crippen LogP contribution in [-0.2, 0) is 43.2 Å². The Morgan fingerprint density at radius 2 is 1.44 bits per heavy atom. The molecule has 2 radical (unpaired) electrons. The summed E-state index contributed by atoms with van der Waals surface area (Å²) < 4.78 is 0. The van der Waals surface area contributed by atoms with E-state index in [1.54, 1.807) is 14.0 Å². The lowest BCUT2D eigenvalue weighted by Gasteiger charge is -2.30. The summed E-state index contributed by atoms with van der Waals surface area (Å²) in [6, 6.07) is -6.47. The lowest BCUT2D eigenvalue weighted by atomic mass is 10.1. The molecule has 22 nitrogen and oxygen atoms in total. The number of likely N-dealkylation sites (tertiary alicyclic amines) is 3. The topological polar surface area (TPSA) is 333 Å². The third-order valence-corrected chi connectivity index (χ3v) is 10.1. The van der Waals surface area contributed by atoms with Gasteiger partial charge in [0.05, 0.1) is 24.7 Å². The van der Waals surface area contributed by atoms with Crippen LogP contribution in [0.1, 0.15) is 71.6 Å². The van der Waals surface area contributed by atoms with Crippen LogP contribution in [0.25, 0.3) is 0 Å². The summed E-state index contributed by atoms with van der Waals surface area (Å²) >= 11 is 0. The third-order valence-electron chi connectivity index (χ3n) is 10.1. The maximum Gasteiger partial charge on any atom is 0.338 e. The molecule has 0 aliphatic carbocycles. The van der Waals surface area contributed by atoms with Gasteiger partial charge in [0, 0.05) is 32.0 Å². The minimum atomic E-state index is -1.57. The Morgan fingerprint density at radius 3 is 2.04 bits per heavy atom. The van der Waals surface area contributed by atoms with Crippen molar-refractivity contribution in [2.45, 2.75) is 114 Å². The Hall–Kier alpha value is -5.38. The van der Waals surface area contributed by atoms with Crippen LogP contribution in [-0.4, -0.2) is 154 Å². The smallest absolute Gasteiger partial charge is 0.338 e. The molecule has 0 aromatic rings. The number of nitrogens with zero attached hydrogens (tertiary/aromatic N) is 3. The van der Waals surface area contributed by atoms with Crippen molar-refractivity contribution in [3.05, 3.63) is 13.1 Å². The van der Waals surface area contributed by atoms with E-state index < -0.39 is 103 Å². The predicted molar refractivity (Wildman–Crippen MR) is 196 cm³/mol. The summed E-state index contributed by atoms with van der Waals surface area (Å²) in [7, 11) is 1.57. The summed E-state index contributed by atoms with van der Waals surface area (Å²) in [5.41, 5.74) is 10.9. The fourth-order valence-electron chi connectivity index (χ4n) is 6.91. The molecule has 0 bridgehead atoms. The lowest BCUT2D eigenvalue weighted by Crippen LogP contribution is -2.78. The van der Waals surface area contributed by atoms with E-state index in [1.165, 1.54) is 16.7 Å². The molecule has 22 heteroatoms. The number of carbonyl (C=O) groups is 9. The van der Waals surface area contributed by atoms with Crippen LogP contribution in [0, 0.1) is 13.1 Å². The lowest BCUT2D eigenvalue weighted by molar-refractivity contribution is -0.459. The Kier molecular flexibility index (Phi) is 17.6. The minimum absolute atomic E-state index is 0.0389. The quantitative estimate of drug-likeness (QED) is 0.0314. The summed E-state index contributed by atoms with van der Waals surface area (Å²) in [4.78, 5) is 122. The SMILES string of the molecule is CNC(C)C(=O)N[CH]C(=O)N1CCCC1C(=O)NC(CCC[NH+]=C(N)N)C(=O)NC(CCC(=O)[O-])C(=O)N1CC(O)CC1C(=O)N[CH]C(=O)N1CCCC1C(C)=O. The number of nitrogens with one attached hydrogen (secondary N) is 6. The van der Waals surface area contributed by atoms with Crippen molar-refractivity contribution in [2.75, 3.05) is 33.2 Å². The number of β-amino-alcohol motifs (C(OH)–C–C–N with tert-alkyl or cyclic N) is 1. The number of aliphatic hydroxyl groups excluding tert-OH is 1. The monoisotopic (exact) mass is 805 g/mol. The van der Waals surface area contributed by atoms with Crippen molar-refractivity contribution in [1.82, 2.24) is 41.3 Å². The molecular weight excluding hydrogens is 750 g/mol. The van der Waals surface area contributed by atoms with Gasteiger partial charge in [-0.15, -0.1) is 0 Å². The molecule has 11 N–H and O–H groups in total. The number of rotatable bonds is 20. The Morgan fingerprint density at radius 1 is 0.825 bits per heavy atom. The van der Waals surface area contributed by atoms with E-state index in [9.17, 15) is 53.4 Å². The van der Waals surface area contributed by atoms with Gasteiger partial charge in [-0.2, -0.15) is 0 Å². The van der Waals surface area contributed by atoms with E-state index in [0.717, 1.165) is 18.0 Å². The number of amides is 7. The fourth-order valence-corrected chi connectivity index (χ4v) is 6.91. The zero-order valence-electron chi connectivity index (χ0n) is 32.4. The standard InChI is InChI=1S/C35H55N11O11/c1-19(38-3)30(53)40-16-28(50)45-14-6-9-25(45)33(56)42-22(7-4-12-39-35(36)37)31(54)43-23(10-11-29(51)52)34(57)46-18-21(48)15-26(46)32(55)41-17-27(49)44-13-5-8-24(44)20(2)47/h16-17,19,21-26,38,48H,4-15,18H2,1-3H3,(H,40,53)(H,41,55)(H,42,56)(H,43,54)(H,51,52)(H4,36,37,39). The molecular formula is C35H55N11O11. The van der Waals surface area contributed by atoms with Gasteiger partial charge in [-0.25, -0.2) is 0 Å². The maximum atomic E-state index is 14.0. The fraction of sp³-hybridized carbons (Fsp3) is 0.657. The van der Waals surface area contributed by atoms with Crippen molar-refractivity contribution >= 4 is 59.1 Å². The van der Waals surface area contributed by atoms with Gasteiger partial charge < -0.3 is 56.3 Å². The molecule has 57 heavy (non-hydrogen) atoms. The molecule has 3 saturated heterocycles. The highest BCUT2D eigenvalue weighted by Gasteiger charge is 2.43. The molecule has 3 aliphatic rings. The van der Waals surface area contributed by atoms with Crippen LogP contribution < -0.4 is 48.2 Å². The number of carbonyl (C=O) groups excluding carboxylic acids is 9.